The molecule has 0 aliphatic carbocycles. The molecule has 0 spiro atoms. The molecule has 5 heteroatoms. The van der Waals surface area contributed by atoms with Crippen molar-refractivity contribution in [3.8, 4) is 0 Å². The second-order valence-corrected chi connectivity index (χ2v) is 5.43. The molecule has 18 heavy (non-hydrogen) atoms. The Hall–Kier alpha value is -1.30. The number of rotatable bonds is 4. The van der Waals surface area contributed by atoms with E-state index >= 15 is 0 Å². The molecular weight excluding hydrogens is 254 g/mol. The van der Waals surface area contributed by atoms with Crippen LogP contribution in [0.3, 0.4) is 0 Å². The number of thiophene rings is 1. The zero-order chi connectivity index (χ0) is 13.1. The maximum absolute atomic E-state index is 13.6. The maximum atomic E-state index is 13.6. The van der Waals surface area contributed by atoms with Crippen molar-refractivity contribution in [3.63, 3.8) is 0 Å². The van der Waals surface area contributed by atoms with Crippen LogP contribution in [0.1, 0.15) is 21.4 Å². The molecule has 0 amide bonds. The average molecular weight is 268 g/mol. The Morgan fingerprint density at radius 2 is 2.06 bits per heavy atom. The van der Waals surface area contributed by atoms with Crippen molar-refractivity contribution >= 4 is 11.3 Å². The number of nitrogens with two attached hydrogens (primary N) is 1. The molecule has 1 atom stereocenters. The summed E-state index contributed by atoms with van der Waals surface area (Å²) in [6.45, 7) is 1.99. The highest BCUT2D eigenvalue weighted by atomic mass is 32.1. The topological polar surface area (TPSA) is 38.0 Å². The van der Waals surface area contributed by atoms with Gasteiger partial charge in [0.1, 0.15) is 11.6 Å². The van der Waals surface area contributed by atoms with Crippen LogP contribution in [0.4, 0.5) is 8.78 Å². The van der Waals surface area contributed by atoms with Gasteiger partial charge in [-0.3, -0.25) is 11.3 Å². The van der Waals surface area contributed by atoms with Gasteiger partial charge in [-0.15, -0.1) is 11.3 Å². The number of aryl methyl sites for hydroxylation is 1. The van der Waals surface area contributed by atoms with Crippen LogP contribution in [0.25, 0.3) is 0 Å². The van der Waals surface area contributed by atoms with Gasteiger partial charge in [-0.2, -0.15) is 0 Å². The van der Waals surface area contributed by atoms with Crippen molar-refractivity contribution in [1.29, 1.82) is 0 Å². The SMILES string of the molecule is Cc1ccc(C(Cc2cc(F)ccc2F)NN)s1. The van der Waals surface area contributed by atoms with Crippen LogP contribution in [0.15, 0.2) is 30.3 Å². The van der Waals surface area contributed by atoms with Gasteiger partial charge in [0.05, 0.1) is 6.04 Å². The molecule has 1 heterocycles. The fourth-order valence-corrected chi connectivity index (χ4v) is 2.74. The highest BCUT2D eigenvalue weighted by Crippen LogP contribution is 2.26. The molecule has 0 bridgehead atoms. The van der Waals surface area contributed by atoms with E-state index in [0.29, 0.717) is 12.0 Å². The Labute approximate surface area is 108 Å². The van der Waals surface area contributed by atoms with Crippen molar-refractivity contribution in [3.05, 3.63) is 57.3 Å². The monoisotopic (exact) mass is 268 g/mol. The fourth-order valence-electron chi connectivity index (χ4n) is 1.80. The summed E-state index contributed by atoms with van der Waals surface area (Å²) in [5, 5.41) is 0. The zero-order valence-corrected chi connectivity index (χ0v) is 10.7. The van der Waals surface area contributed by atoms with E-state index in [1.54, 1.807) is 11.3 Å². The van der Waals surface area contributed by atoms with Gasteiger partial charge in [0.2, 0.25) is 0 Å². The van der Waals surface area contributed by atoms with E-state index in [9.17, 15) is 8.78 Å². The number of benzene rings is 1. The van der Waals surface area contributed by atoms with Crippen LogP contribution in [-0.4, -0.2) is 0 Å². The molecular formula is C13H14F2N2S. The number of hydrogen-bond acceptors (Lipinski definition) is 3. The van der Waals surface area contributed by atoms with Gasteiger partial charge < -0.3 is 0 Å². The maximum Gasteiger partial charge on any atom is 0.126 e. The van der Waals surface area contributed by atoms with E-state index in [4.69, 9.17) is 5.84 Å². The van der Waals surface area contributed by atoms with Crippen LogP contribution < -0.4 is 11.3 Å². The number of hydrazine groups is 1. The predicted molar refractivity (Wildman–Crippen MR) is 69.2 cm³/mol. The summed E-state index contributed by atoms with van der Waals surface area (Å²) in [7, 11) is 0. The molecule has 0 aliphatic rings. The lowest BCUT2D eigenvalue weighted by molar-refractivity contribution is 0.528. The van der Waals surface area contributed by atoms with Crippen molar-refractivity contribution in [2.75, 3.05) is 0 Å². The Morgan fingerprint density at radius 3 is 2.67 bits per heavy atom. The van der Waals surface area contributed by atoms with Gasteiger partial charge in [0, 0.05) is 9.75 Å². The van der Waals surface area contributed by atoms with Crippen LogP contribution in [0.5, 0.6) is 0 Å². The molecule has 1 aromatic carbocycles. The lowest BCUT2D eigenvalue weighted by Crippen LogP contribution is -2.29. The first-order chi connectivity index (χ1) is 8.60. The molecule has 0 aliphatic heterocycles. The highest BCUT2D eigenvalue weighted by molar-refractivity contribution is 7.12. The number of hydrogen-bond donors (Lipinski definition) is 2. The standard InChI is InChI=1S/C13H14F2N2S/c1-8-2-5-13(18-8)12(17-16)7-9-6-10(14)3-4-11(9)15/h2-6,12,17H,7,16H2,1H3. The normalized spacial score (nSPS) is 12.7. The highest BCUT2D eigenvalue weighted by Gasteiger charge is 2.15. The molecule has 0 fully saturated rings. The van der Waals surface area contributed by atoms with Crippen LogP contribution in [-0.2, 0) is 6.42 Å². The summed E-state index contributed by atoms with van der Waals surface area (Å²) in [6, 6.07) is 7.17. The smallest absolute Gasteiger partial charge is 0.126 e. The molecule has 3 N–H and O–H groups in total. The Balaban J connectivity index is 2.22. The van der Waals surface area contributed by atoms with Crippen molar-refractivity contribution in [2.24, 2.45) is 5.84 Å². The Morgan fingerprint density at radius 1 is 1.28 bits per heavy atom. The second-order valence-electron chi connectivity index (χ2n) is 4.11. The Bertz CT molecular complexity index is 540. The van der Waals surface area contributed by atoms with E-state index in [2.05, 4.69) is 5.43 Å². The summed E-state index contributed by atoms with van der Waals surface area (Å²) in [5.74, 6) is 4.64. The van der Waals surface area contributed by atoms with Gasteiger partial charge in [0.25, 0.3) is 0 Å². The van der Waals surface area contributed by atoms with Crippen molar-refractivity contribution < 1.29 is 8.78 Å². The lowest BCUT2D eigenvalue weighted by atomic mass is 10.0. The van der Waals surface area contributed by atoms with Gasteiger partial charge in [-0.05, 0) is 49.2 Å². The largest absolute Gasteiger partial charge is 0.271 e. The average Bonchev–Trinajstić information content (AvgIpc) is 2.77. The third-order valence-corrected chi connectivity index (χ3v) is 3.85. The van der Waals surface area contributed by atoms with Crippen molar-refractivity contribution in [2.45, 2.75) is 19.4 Å². The quantitative estimate of drug-likeness (QED) is 0.660. The minimum atomic E-state index is -0.440. The molecule has 0 saturated heterocycles. The summed E-state index contributed by atoms with van der Waals surface area (Å²) in [6.07, 6.45) is 0.319. The van der Waals surface area contributed by atoms with Crippen molar-refractivity contribution in [1.82, 2.24) is 5.43 Å². The van der Waals surface area contributed by atoms with E-state index in [1.165, 1.54) is 6.07 Å². The lowest BCUT2D eigenvalue weighted by Gasteiger charge is -2.14. The Kier molecular flexibility index (Phi) is 4.06. The second kappa shape index (κ2) is 5.56. The number of halogens is 2. The molecule has 2 rings (SSSR count). The molecule has 0 radical (unpaired) electrons. The number of nitrogens with one attached hydrogen (secondary N) is 1. The first kappa shape index (κ1) is 13.1. The summed E-state index contributed by atoms with van der Waals surface area (Å²) in [5.41, 5.74) is 2.97. The van der Waals surface area contributed by atoms with E-state index in [0.717, 1.165) is 21.9 Å². The van der Waals surface area contributed by atoms with Crippen LogP contribution in [0, 0.1) is 18.6 Å². The molecule has 1 aromatic heterocycles. The van der Waals surface area contributed by atoms with Gasteiger partial charge in [-0.1, -0.05) is 0 Å². The molecule has 0 saturated carbocycles. The van der Waals surface area contributed by atoms with E-state index in [1.807, 2.05) is 19.1 Å². The first-order valence-corrected chi connectivity index (χ1v) is 6.38. The van der Waals surface area contributed by atoms with E-state index < -0.39 is 11.6 Å². The minimum absolute atomic E-state index is 0.208. The van der Waals surface area contributed by atoms with Gasteiger partial charge in [0.15, 0.2) is 0 Å². The minimum Gasteiger partial charge on any atom is -0.271 e. The van der Waals surface area contributed by atoms with Gasteiger partial charge >= 0.3 is 0 Å². The van der Waals surface area contributed by atoms with Gasteiger partial charge in [-0.25, -0.2) is 8.78 Å². The first-order valence-electron chi connectivity index (χ1n) is 5.56. The molecule has 2 aromatic rings. The summed E-state index contributed by atoms with van der Waals surface area (Å²) >= 11 is 1.59. The predicted octanol–water partition coefficient (Wildman–Crippen LogP) is 3.08. The van der Waals surface area contributed by atoms with Crippen LogP contribution >= 0.6 is 11.3 Å². The third-order valence-electron chi connectivity index (χ3n) is 2.74. The third kappa shape index (κ3) is 2.93. The zero-order valence-electron chi connectivity index (χ0n) is 9.91. The fraction of sp³-hybridized carbons (Fsp3) is 0.231. The van der Waals surface area contributed by atoms with E-state index in [-0.39, 0.29) is 6.04 Å². The summed E-state index contributed by atoms with van der Waals surface area (Å²) in [4.78, 5) is 2.17. The molecule has 1 unspecified atom stereocenters. The molecule has 2 nitrogen and oxygen atoms in total. The molecule has 96 valence electrons. The van der Waals surface area contributed by atoms with Crippen LogP contribution in [0.2, 0.25) is 0 Å². The summed E-state index contributed by atoms with van der Waals surface area (Å²) < 4.78 is 26.6.